The van der Waals surface area contributed by atoms with Crippen LogP contribution >= 0.6 is 0 Å². The third kappa shape index (κ3) is 2.30. The van der Waals surface area contributed by atoms with Crippen LogP contribution in [0.25, 0.3) is 10.9 Å². The Hall–Kier alpha value is -2.95. The largest absolute Gasteiger partial charge is 0.489 e. The van der Waals surface area contributed by atoms with Crippen LogP contribution in [-0.2, 0) is 0 Å². The van der Waals surface area contributed by atoms with Gasteiger partial charge in [0.15, 0.2) is 5.78 Å². The number of carbonyl (C=O) groups is 1. The smallest absolute Gasteiger partial charge is 0.184 e. The van der Waals surface area contributed by atoms with Crippen LogP contribution in [0.1, 0.15) is 10.4 Å². The molecule has 0 spiro atoms. The molecule has 3 N–H and O–H groups in total. The molecule has 2 aromatic carbocycles. The van der Waals surface area contributed by atoms with Crippen molar-refractivity contribution in [1.29, 1.82) is 0 Å². The fourth-order valence-electron chi connectivity index (χ4n) is 3.09. The van der Waals surface area contributed by atoms with E-state index in [1.807, 2.05) is 47.4 Å². The van der Waals surface area contributed by atoms with E-state index in [1.165, 1.54) is 0 Å². The summed E-state index contributed by atoms with van der Waals surface area (Å²) in [7, 11) is 0. The van der Waals surface area contributed by atoms with Crippen LogP contribution < -0.4 is 15.4 Å². The molecule has 0 aliphatic carbocycles. The molecule has 2 heterocycles. The first kappa shape index (κ1) is 13.7. The SMILES string of the molecule is Nc1cccc2c1N(CC(=O)c1c[nH]c3ccccc13)CCO2. The zero-order valence-electron chi connectivity index (χ0n) is 12.6. The maximum Gasteiger partial charge on any atom is 0.184 e. The van der Waals surface area contributed by atoms with Gasteiger partial charge in [-0.25, -0.2) is 0 Å². The van der Waals surface area contributed by atoms with Gasteiger partial charge >= 0.3 is 0 Å². The molecule has 1 aromatic heterocycles. The Morgan fingerprint density at radius 3 is 3.00 bits per heavy atom. The number of aromatic nitrogens is 1. The van der Waals surface area contributed by atoms with Gasteiger partial charge in [0.05, 0.1) is 18.8 Å². The van der Waals surface area contributed by atoms with Crippen molar-refractivity contribution in [2.75, 3.05) is 30.3 Å². The molecular formula is C18H17N3O2. The van der Waals surface area contributed by atoms with Crippen molar-refractivity contribution in [2.45, 2.75) is 0 Å². The van der Waals surface area contributed by atoms with E-state index in [-0.39, 0.29) is 12.3 Å². The third-order valence-corrected chi connectivity index (χ3v) is 4.19. The van der Waals surface area contributed by atoms with Crippen LogP contribution in [0.2, 0.25) is 0 Å². The minimum atomic E-state index is 0.0681. The van der Waals surface area contributed by atoms with Gasteiger partial charge in [0.2, 0.25) is 0 Å². The van der Waals surface area contributed by atoms with E-state index in [1.54, 1.807) is 6.20 Å². The number of nitrogen functional groups attached to an aromatic ring is 1. The van der Waals surface area contributed by atoms with Gasteiger partial charge < -0.3 is 20.4 Å². The summed E-state index contributed by atoms with van der Waals surface area (Å²) in [6.45, 7) is 1.49. The summed E-state index contributed by atoms with van der Waals surface area (Å²) in [5, 5.41) is 0.951. The molecule has 3 aromatic rings. The molecule has 0 radical (unpaired) electrons. The number of para-hydroxylation sites is 2. The van der Waals surface area contributed by atoms with Crippen LogP contribution in [0, 0.1) is 0 Å². The molecule has 4 rings (SSSR count). The van der Waals surface area contributed by atoms with Crippen LogP contribution in [-0.4, -0.2) is 30.5 Å². The Kier molecular flexibility index (Phi) is 3.19. The molecule has 0 amide bonds. The Labute approximate surface area is 133 Å². The molecule has 0 saturated heterocycles. The van der Waals surface area contributed by atoms with Gasteiger partial charge in [0.25, 0.3) is 0 Å². The number of benzene rings is 2. The number of hydrogen-bond acceptors (Lipinski definition) is 4. The Bertz CT molecular complexity index is 885. The average Bonchev–Trinajstić information content (AvgIpc) is 2.99. The summed E-state index contributed by atoms with van der Waals surface area (Å²) in [4.78, 5) is 17.9. The Morgan fingerprint density at radius 1 is 1.22 bits per heavy atom. The van der Waals surface area contributed by atoms with E-state index in [4.69, 9.17) is 10.5 Å². The van der Waals surface area contributed by atoms with Gasteiger partial charge in [0, 0.05) is 22.7 Å². The lowest BCUT2D eigenvalue weighted by Gasteiger charge is -2.31. The minimum absolute atomic E-state index is 0.0681. The van der Waals surface area contributed by atoms with Gasteiger partial charge in [-0.15, -0.1) is 0 Å². The second kappa shape index (κ2) is 5.35. The summed E-state index contributed by atoms with van der Waals surface area (Å²) < 4.78 is 5.64. The maximum absolute atomic E-state index is 12.8. The number of nitrogens with two attached hydrogens (primary N) is 1. The van der Waals surface area contributed by atoms with Gasteiger partial charge in [-0.1, -0.05) is 24.3 Å². The fourth-order valence-corrected chi connectivity index (χ4v) is 3.09. The van der Waals surface area contributed by atoms with Gasteiger partial charge in [-0.3, -0.25) is 4.79 Å². The number of nitrogens with one attached hydrogen (secondary N) is 1. The number of Topliss-reactive ketones (excluding diaryl/α,β-unsaturated/α-hetero) is 1. The van der Waals surface area contributed by atoms with Crippen molar-refractivity contribution in [3.05, 3.63) is 54.2 Å². The number of nitrogens with zero attached hydrogens (tertiary/aromatic N) is 1. The number of ether oxygens (including phenoxy) is 1. The van der Waals surface area contributed by atoms with Gasteiger partial charge in [-0.05, 0) is 18.2 Å². The summed E-state index contributed by atoms with van der Waals surface area (Å²) in [5.74, 6) is 0.807. The molecule has 0 atom stereocenters. The van der Waals surface area contributed by atoms with Gasteiger partial charge in [-0.2, -0.15) is 0 Å². The zero-order valence-corrected chi connectivity index (χ0v) is 12.6. The predicted molar refractivity (Wildman–Crippen MR) is 91.2 cm³/mol. The lowest BCUT2D eigenvalue weighted by Crippen LogP contribution is -2.37. The Morgan fingerprint density at radius 2 is 2.09 bits per heavy atom. The van der Waals surface area contributed by atoms with Crippen LogP contribution in [0.15, 0.2) is 48.7 Å². The molecule has 0 bridgehead atoms. The highest BCUT2D eigenvalue weighted by Gasteiger charge is 2.23. The summed E-state index contributed by atoms with van der Waals surface area (Å²) >= 11 is 0. The molecule has 0 saturated carbocycles. The van der Waals surface area contributed by atoms with Crippen LogP contribution in [0.5, 0.6) is 5.75 Å². The Balaban J connectivity index is 1.66. The van der Waals surface area contributed by atoms with Crippen molar-refractivity contribution >= 4 is 28.1 Å². The monoisotopic (exact) mass is 307 g/mol. The molecule has 0 unspecified atom stereocenters. The van der Waals surface area contributed by atoms with E-state index < -0.39 is 0 Å². The maximum atomic E-state index is 12.8. The first-order valence-corrected chi connectivity index (χ1v) is 7.59. The van der Waals surface area contributed by atoms with Crippen LogP contribution in [0.4, 0.5) is 11.4 Å². The van der Waals surface area contributed by atoms with Crippen LogP contribution in [0.3, 0.4) is 0 Å². The number of fused-ring (bicyclic) bond motifs is 2. The van der Waals surface area contributed by atoms with Gasteiger partial charge in [0.1, 0.15) is 18.0 Å². The number of ketones is 1. The number of aromatic amines is 1. The van der Waals surface area contributed by atoms with E-state index in [2.05, 4.69) is 4.98 Å². The highest BCUT2D eigenvalue weighted by atomic mass is 16.5. The zero-order chi connectivity index (χ0) is 15.8. The molecule has 1 aliphatic heterocycles. The standard InChI is InChI=1S/C18H17N3O2/c19-14-5-3-7-17-18(14)21(8-9-23-17)11-16(22)13-10-20-15-6-2-1-4-12(13)15/h1-7,10,20H,8-9,11,19H2. The van der Waals surface area contributed by atoms with Crippen molar-refractivity contribution in [2.24, 2.45) is 0 Å². The second-order valence-electron chi connectivity index (χ2n) is 5.64. The molecule has 0 fully saturated rings. The fraction of sp³-hybridized carbons (Fsp3) is 0.167. The lowest BCUT2D eigenvalue weighted by atomic mass is 10.1. The summed E-state index contributed by atoms with van der Waals surface area (Å²) in [6, 6.07) is 13.4. The molecule has 5 nitrogen and oxygen atoms in total. The highest BCUT2D eigenvalue weighted by Crippen LogP contribution is 2.36. The van der Waals surface area contributed by atoms with E-state index in [0.29, 0.717) is 24.4 Å². The first-order chi connectivity index (χ1) is 11.2. The lowest BCUT2D eigenvalue weighted by molar-refractivity contribution is 0.0998. The first-order valence-electron chi connectivity index (χ1n) is 7.59. The quantitative estimate of drug-likeness (QED) is 0.576. The average molecular weight is 307 g/mol. The van der Waals surface area contributed by atoms with E-state index >= 15 is 0 Å². The predicted octanol–water partition coefficient (Wildman–Crippen LogP) is 2.83. The molecular weight excluding hydrogens is 290 g/mol. The number of rotatable bonds is 3. The molecule has 5 heteroatoms. The number of anilines is 2. The normalized spacial score (nSPS) is 13.7. The third-order valence-electron chi connectivity index (χ3n) is 4.19. The van der Waals surface area contributed by atoms with Crippen molar-refractivity contribution in [1.82, 2.24) is 4.98 Å². The molecule has 23 heavy (non-hydrogen) atoms. The van der Waals surface area contributed by atoms with Crippen molar-refractivity contribution in [3.63, 3.8) is 0 Å². The summed E-state index contributed by atoms with van der Waals surface area (Å²) in [6.07, 6.45) is 1.78. The minimum Gasteiger partial charge on any atom is -0.489 e. The number of carbonyl (C=O) groups excluding carboxylic acids is 1. The number of H-pyrrole nitrogens is 1. The van der Waals surface area contributed by atoms with Crippen molar-refractivity contribution in [3.8, 4) is 5.75 Å². The number of hydrogen-bond donors (Lipinski definition) is 2. The topological polar surface area (TPSA) is 71.3 Å². The molecule has 1 aliphatic rings. The van der Waals surface area contributed by atoms with E-state index in [0.717, 1.165) is 22.3 Å². The highest BCUT2D eigenvalue weighted by molar-refractivity contribution is 6.09. The second-order valence-corrected chi connectivity index (χ2v) is 5.64. The molecule has 116 valence electrons. The summed E-state index contributed by atoms with van der Waals surface area (Å²) in [5.41, 5.74) is 9.20. The van der Waals surface area contributed by atoms with E-state index in [9.17, 15) is 4.79 Å². The van der Waals surface area contributed by atoms with Crippen molar-refractivity contribution < 1.29 is 9.53 Å².